The Balaban J connectivity index is 2.10. The smallest absolute Gasteiger partial charge is 0.240 e. The van der Waals surface area contributed by atoms with Crippen molar-refractivity contribution in [1.29, 1.82) is 0 Å². The minimum Gasteiger partial charge on any atom is -0.508 e. The second-order valence-electron chi connectivity index (χ2n) is 6.36. The number of unbranched alkanes of at least 4 members (excludes halogenated alkanes) is 8. The Kier molecular flexibility index (Phi) is 10.6. The van der Waals surface area contributed by atoms with E-state index in [0.29, 0.717) is 12.1 Å². The summed E-state index contributed by atoms with van der Waals surface area (Å²) in [5, 5.41) is 13.5. The summed E-state index contributed by atoms with van der Waals surface area (Å²) in [6.45, 7) is 4.05. The average molecular weight is 332 g/mol. The van der Waals surface area contributed by atoms with Crippen molar-refractivity contribution in [3.05, 3.63) is 29.8 Å². The molecule has 1 rings (SSSR count). The van der Waals surface area contributed by atoms with Gasteiger partial charge in [0.25, 0.3) is 0 Å². The molecule has 0 unspecified atom stereocenters. The summed E-state index contributed by atoms with van der Waals surface area (Å²) in [7, 11) is 0. The van der Waals surface area contributed by atoms with Crippen molar-refractivity contribution in [2.24, 2.45) is 5.10 Å². The summed E-state index contributed by atoms with van der Waals surface area (Å²) in [5.74, 6) is 0.153. The number of nitrogens with one attached hydrogen (secondary N) is 1. The number of carbonyl (C=O) groups excluding carboxylic acids is 1. The van der Waals surface area contributed by atoms with Gasteiger partial charge < -0.3 is 5.11 Å². The molecule has 0 saturated carbocycles. The van der Waals surface area contributed by atoms with Crippen LogP contribution < -0.4 is 5.43 Å². The first-order valence-electron chi connectivity index (χ1n) is 9.26. The maximum atomic E-state index is 11.8. The third kappa shape index (κ3) is 9.33. The Hall–Kier alpha value is -1.84. The third-order valence-corrected chi connectivity index (χ3v) is 4.12. The fourth-order valence-electron chi connectivity index (χ4n) is 2.59. The van der Waals surface area contributed by atoms with Gasteiger partial charge in [0.15, 0.2) is 0 Å². The van der Waals surface area contributed by atoms with Crippen LogP contribution >= 0.6 is 0 Å². The number of phenols is 1. The molecule has 0 saturated heterocycles. The lowest BCUT2D eigenvalue weighted by molar-refractivity contribution is -0.121. The number of benzene rings is 1. The lowest BCUT2D eigenvalue weighted by Gasteiger charge is -2.04. The van der Waals surface area contributed by atoms with Gasteiger partial charge in [-0.3, -0.25) is 4.79 Å². The van der Waals surface area contributed by atoms with E-state index < -0.39 is 0 Å². The quantitative estimate of drug-likeness (QED) is 0.316. The zero-order chi connectivity index (χ0) is 17.6. The van der Waals surface area contributed by atoms with E-state index in [9.17, 15) is 9.90 Å². The van der Waals surface area contributed by atoms with Gasteiger partial charge in [0.1, 0.15) is 5.75 Å². The first kappa shape index (κ1) is 20.2. The van der Waals surface area contributed by atoms with Crippen molar-refractivity contribution < 1.29 is 9.90 Å². The van der Waals surface area contributed by atoms with E-state index in [1.54, 1.807) is 18.2 Å². The van der Waals surface area contributed by atoms with Crippen molar-refractivity contribution in [2.45, 2.75) is 78.1 Å². The molecular formula is C20H32N2O2. The predicted molar refractivity (Wildman–Crippen MR) is 100 cm³/mol. The summed E-state index contributed by atoms with van der Waals surface area (Å²) >= 11 is 0. The molecule has 0 aliphatic carbocycles. The predicted octanol–water partition coefficient (Wildman–Crippen LogP) is 5.15. The monoisotopic (exact) mass is 332 g/mol. The summed E-state index contributed by atoms with van der Waals surface area (Å²) in [6, 6.07) is 6.85. The summed E-state index contributed by atoms with van der Waals surface area (Å²) in [4.78, 5) is 11.8. The van der Waals surface area contributed by atoms with E-state index in [0.717, 1.165) is 18.4 Å². The van der Waals surface area contributed by atoms with Crippen LogP contribution in [0.4, 0.5) is 0 Å². The van der Waals surface area contributed by atoms with Crippen LogP contribution in [-0.4, -0.2) is 16.7 Å². The second kappa shape index (κ2) is 12.6. The maximum absolute atomic E-state index is 11.8. The van der Waals surface area contributed by atoms with Crippen molar-refractivity contribution in [1.82, 2.24) is 5.43 Å². The van der Waals surface area contributed by atoms with Crippen LogP contribution in [0, 0.1) is 0 Å². The molecule has 4 heteroatoms. The fourth-order valence-corrected chi connectivity index (χ4v) is 2.59. The van der Waals surface area contributed by atoms with E-state index in [1.165, 1.54) is 44.9 Å². The molecule has 24 heavy (non-hydrogen) atoms. The Morgan fingerprint density at radius 1 is 1.04 bits per heavy atom. The van der Waals surface area contributed by atoms with Crippen LogP contribution in [0.25, 0.3) is 0 Å². The topological polar surface area (TPSA) is 61.7 Å². The molecule has 0 radical (unpaired) electrons. The first-order valence-corrected chi connectivity index (χ1v) is 9.26. The van der Waals surface area contributed by atoms with E-state index in [2.05, 4.69) is 17.5 Å². The van der Waals surface area contributed by atoms with Crippen molar-refractivity contribution in [3.8, 4) is 5.75 Å². The minimum atomic E-state index is -0.0440. The van der Waals surface area contributed by atoms with E-state index in [-0.39, 0.29) is 11.7 Å². The molecule has 2 N–H and O–H groups in total. The number of hydrogen-bond acceptors (Lipinski definition) is 3. The van der Waals surface area contributed by atoms with Crippen LogP contribution in [0.2, 0.25) is 0 Å². The lowest BCUT2D eigenvalue weighted by atomic mass is 10.1. The van der Waals surface area contributed by atoms with Gasteiger partial charge in [0, 0.05) is 12.0 Å². The van der Waals surface area contributed by atoms with Crippen LogP contribution in [0.3, 0.4) is 0 Å². The van der Waals surface area contributed by atoms with E-state index >= 15 is 0 Å². The van der Waals surface area contributed by atoms with Gasteiger partial charge in [-0.2, -0.15) is 5.10 Å². The van der Waals surface area contributed by atoms with Gasteiger partial charge in [-0.15, -0.1) is 0 Å². The fraction of sp³-hybridized carbons (Fsp3) is 0.600. The molecule has 0 aliphatic rings. The number of rotatable bonds is 12. The number of hydrogen-bond donors (Lipinski definition) is 2. The van der Waals surface area contributed by atoms with E-state index in [4.69, 9.17) is 0 Å². The number of hydrazone groups is 1. The van der Waals surface area contributed by atoms with Crippen molar-refractivity contribution in [3.63, 3.8) is 0 Å². The normalized spacial score (nSPS) is 11.5. The van der Waals surface area contributed by atoms with Crippen molar-refractivity contribution >= 4 is 11.6 Å². The molecule has 0 bridgehead atoms. The average Bonchev–Trinajstić information content (AvgIpc) is 2.58. The third-order valence-electron chi connectivity index (χ3n) is 4.12. The molecule has 1 aromatic rings. The SMILES string of the molecule is CCCCCCCCCCCC(=O)NN=C(C)c1cccc(O)c1. The molecule has 0 heterocycles. The zero-order valence-electron chi connectivity index (χ0n) is 15.2. The molecular weight excluding hydrogens is 300 g/mol. The molecule has 0 aliphatic heterocycles. The second-order valence-corrected chi connectivity index (χ2v) is 6.36. The summed E-state index contributed by atoms with van der Waals surface area (Å²) in [6.07, 6.45) is 11.7. The van der Waals surface area contributed by atoms with Gasteiger partial charge >= 0.3 is 0 Å². The largest absolute Gasteiger partial charge is 0.508 e. The Morgan fingerprint density at radius 2 is 1.67 bits per heavy atom. The van der Waals surface area contributed by atoms with Crippen molar-refractivity contribution in [2.75, 3.05) is 0 Å². The molecule has 0 atom stereocenters. The number of phenolic OH excluding ortho intramolecular Hbond substituents is 1. The standard InChI is InChI=1S/C20H32N2O2/c1-3-4-5-6-7-8-9-10-11-15-20(24)22-21-17(2)18-13-12-14-19(23)16-18/h12-14,16,23H,3-11,15H2,1-2H3,(H,22,24). The highest BCUT2D eigenvalue weighted by atomic mass is 16.3. The minimum absolute atomic E-state index is 0.0440. The highest BCUT2D eigenvalue weighted by Gasteiger charge is 2.02. The molecule has 1 amide bonds. The van der Waals surface area contributed by atoms with Crippen LogP contribution in [0.1, 0.15) is 83.6 Å². The van der Waals surface area contributed by atoms with Gasteiger partial charge in [0.05, 0.1) is 5.71 Å². The Labute approximate surface area is 146 Å². The van der Waals surface area contributed by atoms with Crippen LogP contribution in [0.5, 0.6) is 5.75 Å². The van der Waals surface area contributed by atoms with E-state index in [1.807, 2.05) is 13.0 Å². The zero-order valence-corrected chi connectivity index (χ0v) is 15.2. The highest BCUT2D eigenvalue weighted by molar-refractivity contribution is 5.99. The summed E-state index contributed by atoms with van der Waals surface area (Å²) < 4.78 is 0. The lowest BCUT2D eigenvalue weighted by Crippen LogP contribution is -2.18. The molecule has 134 valence electrons. The number of nitrogens with zero attached hydrogens (tertiary/aromatic N) is 1. The number of amides is 1. The molecule has 0 fully saturated rings. The van der Waals surface area contributed by atoms with Crippen LogP contribution in [0.15, 0.2) is 29.4 Å². The van der Waals surface area contributed by atoms with Crippen LogP contribution in [-0.2, 0) is 4.79 Å². The number of carbonyl (C=O) groups is 1. The highest BCUT2D eigenvalue weighted by Crippen LogP contribution is 2.12. The summed E-state index contributed by atoms with van der Waals surface area (Å²) in [5.41, 5.74) is 4.08. The Bertz CT molecular complexity index is 512. The van der Waals surface area contributed by atoms with Gasteiger partial charge in [0.2, 0.25) is 5.91 Å². The number of aromatic hydroxyl groups is 1. The molecule has 4 nitrogen and oxygen atoms in total. The molecule has 1 aromatic carbocycles. The van der Waals surface area contributed by atoms with Gasteiger partial charge in [-0.25, -0.2) is 5.43 Å². The maximum Gasteiger partial charge on any atom is 0.240 e. The Morgan fingerprint density at radius 3 is 2.29 bits per heavy atom. The van der Waals surface area contributed by atoms with Gasteiger partial charge in [-0.05, 0) is 25.5 Å². The first-order chi connectivity index (χ1) is 11.6. The molecule has 0 aromatic heterocycles. The van der Waals surface area contributed by atoms with Gasteiger partial charge in [-0.1, -0.05) is 70.4 Å². The molecule has 0 spiro atoms.